The summed E-state index contributed by atoms with van der Waals surface area (Å²) in [5, 5.41) is 8.79. The highest BCUT2D eigenvalue weighted by Crippen LogP contribution is 2.18. The maximum absolute atomic E-state index is 12.8. The van der Waals surface area contributed by atoms with E-state index in [4.69, 9.17) is 0 Å². The van der Waals surface area contributed by atoms with Gasteiger partial charge in [-0.05, 0) is 31.5 Å². The summed E-state index contributed by atoms with van der Waals surface area (Å²) in [5.74, 6) is 0.324. The average molecular weight is 388 g/mol. The van der Waals surface area contributed by atoms with E-state index < -0.39 is 6.04 Å². The molecule has 0 aliphatic rings. The number of aromatic amines is 1. The van der Waals surface area contributed by atoms with Crippen molar-refractivity contribution in [1.29, 1.82) is 0 Å². The van der Waals surface area contributed by atoms with Crippen molar-refractivity contribution < 1.29 is 0 Å². The van der Waals surface area contributed by atoms with Gasteiger partial charge in [0.15, 0.2) is 0 Å². The van der Waals surface area contributed by atoms with Crippen LogP contribution in [0.25, 0.3) is 10.8 Å². The third-order valence-corrected chi connectivity index (χ3v) is 4.81. The number of nitrogens with one attached hydrogen (secondary N) is 2. The first kappa shape index (κ1) is 18.5. The van der Waals surface area contributed by atoms with Crippen LogP contribution in [0.15, 0.2) is 70.6 Å². The smallest absolute Gasteiger partial charge is 0.275 e. The van der Waals surface area contributed by atoms with E-state index in [0.29, 0.717) is 17.0 Å². The van der Waals surface area contributed by atoms with Crippen LogP contribution in [0.2, 0.25) is 0 Å². The van der Waals surface area contributed by atoms with E-state index >= 15 is 0 Å². The Morgan fingerprint density at radius 2 is 1.90 bits per heavy atom. The van der Waals surface area contributed by atoms with Gasteiger partial charge in [-0.1, -0.05) is 24.3 Å². The molecule has 1 aromatic carbocycles. The normalized spacial score (nSPS) is 13.2. The van der Waals surface area contributed by atoms with Gasteiger partial charge in [-0.2, -0.15) is 5.10 Å². The molecule has 0 aliphatic carbocycles. The summed E-state index contributed by atoms with van der Waals surface area (Å²) >= 11 is 0. The fraction of sp³-hybridized carbons (Fsp3) is 0.190. The number of rotatable bonds is 5. The Hall–Kier alpha value is -3.81. The topological polar surface area (TPSA) is 106 Å². The first-order valence-corrected chi connectivity index (χ1v) is 9.27. The monoisotopic (exact) mass is 388 g/mol. The number of pyridine rings is 1. The van der Waals surface area contributed by atoms with Gasteiger partial charge in [0.1, 0.15) is 0 Å². The molecule has 4 rings (SSSR count). The van der Waals surface area contributed by atoms with Crippen LogP contribution in [0.3, 0.4) is 0 Å². The summed E-state index contributed by atoms with van der Waals surface area (Å²) in [6.45, 7) is 3.74. The zero-order valence-corrected chi connectivity index (χ0v) is 16.0. The van der Waals surface area contributed by atoms with Crippen molar-refractivity contribution in [2.75, 3.05) is 5.32 Å². The molecule has 8 nitrogen and oxygen atoms in total. The third kappa shape index (κ3) is 3.77. The van der Waals surface area contributed by atoms with Gasteiger partial charge in [0, 0.05) is 23.8 Å². The SMILES string of the molecule is CC(Nc1nc(C(C)n2ncc3ccccc3c2=O)cc(=O)[nH]1)c1cccnc1. The molecule has 0 fully saturated rings. The molecule has 3 heterocycles. The summed E-state index contributed by atoms with van der Waals surface area (Å²) in [7, 11) is 0. The van der Waals surface area contributed by atoms with Crippen molar-refractivity contribution >= 4 is 16.7 Å². The van der Waals surface area contributed by atoms with E-state index in [2.05, 4.69) is 25.4 Å². The number of hydrogen-bond acceptors (Lipinski definition) is 6. The molecule has 0 saturated heterocycles. The van der Waals surface area contributed by atoms with Crippen LogP contribution >= 0.6 is 0 Å². The molecule has 4 aromatic rings. The Balaban J connectivity index is 1.68. The molecule has 0 bridgehead atoms. The van der Waals surface area contributed by atoms with Crippen LogP contribution in [-0.4, -0.2) is 24.7 Å². The molecule has 3 aromatic heterocycles. The highest BCUT2D eigenvalue weighted by molar-refractivity contribution is 5.80. The molecular formula is C21H20N6O2. The number of aromatic nitrogens is 5. The van der Waals surface area contributed by atoms with E-state index in [1.54, 1.807) is 31.6 Å². The third-order valence-electron chi connectivity index (χ3n) is 4.81. The Morgan fingerprint density at radius 3 is 2.69 bits per heavy atom. The van der Waals surface area contributed by atoms with Crippen molar-refractivity contribution in [3.05, 3.63) is 93.0 Å². The Kier molecular flexibility index (Phi) is 4.90. The van der Waals surface area contributed by atoms with E-state index in [0.717, 1.165) is 10.9 Å². The minimum atomic E-state index is -0.511. The van der Waals surface area contributed by atoms with E-state index in [-0.39, 0.29) is 17.2 Å². The molecule has 2 N–H and O–H groups in total. The standard InChI is InChI=1S/C21H20N6O2/c1-13(15-7-5-9-22-11-15)24-21-25-18(10-19(28)26-21)14(2)27-20(29)17-8-4-3-6-16(17)12-23-27/h3-14H,1-2H3,(H2,24,25,26,28). The first-order valence-electron chi connectivity index (χ1n) is 9.27. The maximum Gasteiger partial charge on any atom is 0.275 e. The van der Waals surface area contributed by atoms with Gasteiger partial charge >= 0.3 is 0 Å². The number of nitrogens with zero attached hydrogens (tertiary/aromatic N) is 4. The Morgan fingerprint density at radius 1 is 1.07 bits per heavy atom. The first-order chi connectivity index (χ1) is 14.0. The van der Waals surface area contributed by atoms with Crippen molar-refractivity contribution in [3.8, 4) is 0 Å². The number of H-pyrrole nitrogens is 1. The van der Waals surface area contributed by atoms with E-state index in [1.807, 2.05) is 37.3 Å². The van der Waals surface area contributed by atoms with Gasteiger partial charge in [-0.25, -0.2) is 9.67 Å². The second-order valence-electron chi connectivity index (χ2n) is 6.83. The van der Waals surface area contributed by atoms with Gasteiger partial charge in [0.25, 0.3) is 11.1 Å². The summed E-state index contributed by atoms with van der Waals surface area (Å²) in [6, 6.07) is 11.8. The van der Waals surface area contributed by atoms with Crippen molar-refractivity contribution in [3.63, 3.8) is 0 Å². The lowest BCUT2D eigenvalue weighted by Gasteiger charge is -2.17. The molecule has 8 heteroatoms. The molecule has 29 heavy (non-hydrogen) atoms. The maximum atomic E-state index is 12.8. The zero-order chi connectivity index (χ0) is 20.4. The lowest BCUT2D eigenvalue weighted by atomic mass is 10.1. The largest absolute Gasteiger partial charge is 0.349 e. The van der Waals surface area contributed by atoms with Gasteiger partial charge in [0.2, 0.25) is 5.95 Å². The van der Waals surface area contributed by atoms with Gasteiger partial charge in [-0.15, -0.1) is 0 Å². The average Bonchev–Trinajstić information content (AvgIpc) is 2.74. The summed E-state index contributed by atoms with van der Waals surface area (Å²) < 4.78 is 1.35. The van der Waals surface area contributed by atoms with Gasteiger partial charge < -0.3 is 5.32 Å². The van der Waals surface area contributed by atoms with Crippen molar-refractivity contribution in [1.82, 2.24) is 24.7 Å². The van der Waals surface area contributed by atoms with Crippen molar-refractivity contribution in [2.45, 2.75) is 25.9 Å². The van der Waals surface area contributed by atoms with Crippen LogP contribution in [0, 0.1) is 0 Å². The molecule has 0 radical (unpaired) electrons. The molecular weight excluding hydrogens is 368 g/mol. The highest BCUT2D eigenvalue weighted by Gasteiger charge is 2.16. The Labute approximate surface area is 166 Å². The summed E-state index contributed by atoms with van der Waals surface area (Å²) in [6.07, 6.45) is 5.10. The van der Waals surface area contributed by atoms with Gasteiger partial charge in [-0.3, -0.25) is 19.6 Å². The lowest BCUT2D eigenvalue weighted by Crippen LogP contribution is -2.28. The van der Waals surface area contributed by atoms with E-state index in [9.17, 15) is 9.59 Å². The highest BCUT2D eigenvalue weighted by atomic mass is 16.1. The number of benzene rings is 1. The molecule has 0 aliphatic heterocycles. The fourth-order valence-electron chi connectivity index (χ4n) is 3.19. The lowest BCUT2D eigenvalue weighted by molar-refractivity contribution is 0.524. The van der Waals surface area contributed by atoms with Crippen LogP contribution in [0.5, 0.6) is 0 Å². The molecule has 2 atom stereocenters. The van der Waals surface area contributed by atoms with Crippen molar-refractivity contribution in [2.24, 2.45) is 0 Å². The minimum Gasteiger partial charge on any atom is -0.349 e. The van der Waals surface area contributed by atoms with Gasteiger partial charge in [0.05, 0.1) is 29.4 Å². The number of anilines is 1. The van der Waals surface area contributed by atoms with E-state index in [1.165, 1.54) is 10.7 Å². The van der Waals surface area contributed by atoms with Crippen LogP contribution < -0.4 is 16.4 Å². The molecule has 0 spiro atoms. The summed E-state index contributed by atoms with van der Waals surface area (Å²) in [4.78, 5) is 36.4. The number of hydrogen-bond donors (Lipinski definition) is 2. The van der Waals surface area contributed by atoms with Crippen LogP contribution in [0.4, 0.5) is 5.95 Å². The minimum absolute atomic E-state index is 0.112. The van der Waals surface area contributed by atoms with Crippen LogP contribution in [-0.2, 0) is 0 Å². The molecule has 0 amide bonds. The second-order valence-corrected chi connectivity index (χ2v) is 6.83. The quantitative estimate of drug-likeness (QED) is 0.544. The predicted octanol–water partition coefficient (Wildman–Crippen LogP) is 2.66. The zero-order valence-electron chi connectivity index (χ0n) is 16.0. The summed E-state index contributed by atoms with van der Waals surface area (Å²) in [5.41, 5.74) is 0.869. The Bertz CT molecular complexity index is 1270. The fourth-order valence-corrected chi connectivity index (χ4v) is 3.19. The predicted molar refractivity (Wildman–Crippen MR) is 111 cm³/mol. The molecule has 2 unspecified atom stereocenters. The molecule has 146 valence electrons. The number of fused-ring (bicyclic) bond motifs is 1. The second kappa shape index (κ2) is 7.67. The molecule has 0 saturated carbocycles. The van der Waals surface area contributed by atoms with Crippen LogP contribution in [0.1, 0.15) is 37.2 Å².